The molecular weight excluding hydrogens is 398 g/mol. The minimum Gasteiger partial charge on any atom is -0.311 e. The lowest BCUT2D eigenvalue weighted by Gasteiger charge is -2.41. The normalized spacial score (nSPS) is 29.8. The summed E-state index contributed by atoms with van der Waals surface area (Å²) in [5.74, 6) is -3.96. The van der Waals surface area contributed by atoms with Gasteiger partial charge in [-0.1, -0.05) is 0 Å². The van der Waals surface area contributed by atoms with Crippen molar-refractivity contribution in [1.82, 2.24) is 0 Å². The summed E-state index contributed by atoms with van der Waals surface area (Å²) in [6.07, 6.45) is -10.5. The molecule has 0 saturated carbocycles. The van der Waals surface area contributed by atoms with Crippen LogP contribution in [0.15, 0.2) is 0 Å². The van der Waals surface area contributed by atoms with Gasteiger partial charge in [-0.05, 0) is 0 Å². The van der Waals surface area contributed by atoms with E-state index in [1.165, 1.54) is 0 Å². The van der Waals surface area contributed by atoms with Crippen molar-refractivity contribution in [3.05, 3.63) is 50.6 Å². The van der Waals surface area contributed by atoms with Crippen molar-refractivity contribution in [2.75, 3.05) is 6.61 Å². The lowest BCUT2D eigenvalue weighted by Crippen LogP contribution is -2.70. The highest BCUT2D eigenvalue weighted by molar-refractivity contribution is 4.93. The van der Waals surface area contributed by atoms with Crippen LogP contribution in [0.4, 0.5) is 0 Å². The van der Waals surface area contributed by atoms with E-state index in [-0.39, 0.29) is 0 Å². The minimum absolute atomic E-state index is 1.38. The second kappa shape index (κ2) is 8.00. The number of hydrogen-bond donors (Lipinski definition) is 1. The van der Waals surface area contributed by atoms with Crippen LogP contribution < -0.4 is 0 Å². The van der Waals surface area contributed by atoms with Crippen molar-refractivity contribution >= 4 is 0 Å². The molecule has 0 aromatic carbocycles. The molecule has 1 aliphatic heterocycles. The van der Waals surface area contributed by atoms with Gasteiger partial charge in [0.2, 0.25) is 0 Å². The molecule has 0 bridgehead atoms. The Balaban J connectivity index is 3.43. The van der Waals surface area contributed by atoms with Gasteiger partial charge in [0.15, 0.2) is 12.2 Å². The number of hydrogen-bond acceptors (Lipinski definition) is 16. The third kappa shape index (κ3) is 5.05. The van der Waals surface area contributed by atoms with E-state index in [0.717, 1.165) is 0 Å². The second-order valence-corrected chi connectivity index (χ2v) is 4.43. The van der Waals surface area contributed by atoms with Gasteiger partial charge in [0.1, 0.15) is 12.7 Å². The van der Waals surface area contributed by atoms with Gasteiger partial charge >= 0.3 is 5.91 Å². The largest absolute Gasteiger partial charge is 0.469 e. The highest BCUT2D eigenvalue weighted by Crippen LogP contribution is 2.34. The molecule has 1 heterocycles. The quantitative estimate of drug-likeness (QED) is 0.219. The van der Waals surface area contributed by atoms with Crippen LogP contribution in [0.25, 0.3) is 0 Å². The van der Waals surface area contributed by atoms with Gasteiger partial charge in [-0.3, -0.25) is 19.7 Å². The molecule has 1 unspecified atom stereocenters. The van der Waals surface area contributed by atoms with Gasteiger partial charge in [-0.15, -0.1) is 40.5 Å². The SMILES string of the molecule is O=[N+]([O-])OC[C@H]1OC(O)([N+](=O)[O-])[C@H](O[N+](=O)[O-])[C@@H](O[N+](=O)[O-])[C@@H]1O[N+](=O)[O-]. The molecule has 0 aromatic rings. The van der Waals surface area contributed by atoms with E-state index in [2.05, 4.69) is 24.1 Å². The van der Waals surface area contributed by atoms with Crippen molar-refractivity contribution in [3.8, 4) is 0 Å². The Kier molecular flexibility index (Phi) is 6.27. The van der Waals surface area contributed by atoms with Crippen LogP contribution in [-0.2, 0) is 24.1 Å². The number of rotatable bonds is 10. The fourth-order valence-electron chi connectivity index (χ4n) is 2.03. The van der Waals surface area contributed by atoms with E-state index in [4.69, 9.17) is 0 Å². The number of ether oxygens (including phenoxy) is 1. The van der Waals surface area contributed by atoms with Gasteiger partial charge in [-0.25, -0.2) is 0 Å². The first-order valence-corrected chi connectivity index (χ1v) is 6.14. The summed E-state index contributed by atoms with van der Waals surface area (Å²) in [4.78, 5) is 66.6. The van der Waals surface area contributed by atoms with Crippen molar-refractivity contribution in [3.63, 3.8) is 0 Å². The molecule has 0 amide bonds. The summed E-state index contributed by atoms with van der Waals surface area (Å²) >= 11 is 0. The summed E-state index contributed by atoms with van der Waals surface area (Å²) in [6, 6.07) is 0. The third-order valence-electron chi connectivity index (χ3n) is 2.91. The summed E-state index contributed by atoms with van der Waals surface area (Å²) in [5.41, 5.74) is 0. The first kappa shape index (κ1) is 21.2. The van der Waals surface area contributed by atoms with E-state index in [1.54, 1.807) is 0 Å². The van der Waals surface area contributed by atoms with Crippen LogP contribution in [0.1, 0.15) is 0 Å². The zero-order chi connectivity index (χ0) is 20.9. The van der Waals surface area contributed by atoms with Gasteiger partial charge in [-0.2, -0.15) is 0 Å². The van der Waals surface area contributed by atoms with Crippen molar-refractivity contribution < 1.29 is 54.5 Å². The predicted octanol–water partition coefficient (Wildman–Crippen LogP) is -2.75. The molecule has 0 radical (unpaired) electrons. The molecule has 5 atom stereocenters. The van der Waals surface area contributed by atoms with E-state index < -0.39 is 62.2 Å². The van der Waals surface area contributed by atoms with Crippen molar-refractivity contribution in [2.45, 2.75) is 30.3 Å². The zero-order valence-corrected chi connectivity index (χ0v) is 12.3. The molecule has 1 N–H and O–H groups in total. The van der Waals surface area contributed by atoms with Crippen LogP contribution in [0, 0.1) is 50.6 Å². The highest BCUT2D eigenvalue weighted by atomic mass is 17.0. The van der Waals surface area contributed by atoms with E-state index in [1.807, 2.05) is 0 Å². The Morgan fingerprint density at radius 2 is 1.30 bits per heavy atom. The average Bonchev–Trinajstić information content (AvgIpc) is 2.50. The highest BCUT2D eigenvalue weighted by Gasteiger charge is 2.67. The molecule has 152 valence electrons. The number of nitro groups is 1. The Morgan fingerprint density at radius 3 is 1.70 bits per heavy atom. The molecule has 21 nitrogen and oxygen atoms in total. The monoisotopic (exact) mass is 405 g/mol. The summed E-state index contributed by atoms with van der Waals surface area (Å²) in [6.45, 7) is -1.38. The second-order valence-electron chi connectivity index (χ2n) is 4.43. The fourth-order valence-corrected chi connectivity index (χ4v) is 2.03. The van der Waals surface area contributed by atoms with Gasteiger partial charge in [0.05, 0.1) is 4.92 Å². The number of nitrogens with zero attached hydrogens (tertiary/aromatic N) is 5. The van der Waals surface area contributed by atoms with E-state index in [9.17, 15) is 55.7 Å². The maximum absolute atomic E-state index is 11.1. The van der Waals surface area contributed by atoms with Gasteiger partial charge < -0.3 is 19.6 Å². The molecule has 27 heavy (non-hydrogen) atoms. The van der Waals surface area contributed by atoms with Crippen LogP contribution in [0.2, 0.25) is 0 Å². The Hall–Kier alpha value is -3.88. The molecule has 0 aromatic heterocycles. The van der Waals surface area contributed by atoms with Crippen LogP contribution in [0.5, 0.6) is 0 Å². The summed E-state index contributed by atoms with van der Waals surface area (Å²) < 4.78 is 4.39. The first-order valence-electron chi connectivity index (χ1n) is 6.14. The van der Waals surface area contributed by atoms with Crippen LogP contribution >= 0.6 is 0 Å². The van der Waals surface area contributed by atoms with Crippen LogP contribution in [0.3, 0.4) is 0 Å². The fraction of sp³-hybridized carbons (Fsp3) is 1.00. The summed E-state index contributed by atoms with van der Waals surface area (Å²) in [5, 5.41) is 56.4. The zero-order valence-electron chi connectivity index (χ0n) is 12.3. The topological polar surface area (TPSA) is 282 Å². The van der Waals surface area contributed by atoms with Crippen molar-refractivity contribution in [1.29, 1.82) is 0 Å². The van der Waals surface area contributed by atoms with Crippen LogP contribution in [-0.4, -0.2) is 67.3 Å². The maximum Gasteiger partial charge on any atom is 0.469 e. The molecular formula is C6H7N5O16. The minimum atomic E-state index is -3.96. The molecule has 1 saturated heterocycles. The maximum atomic E-state index is 11.1. The van der Waals surface area contributed by atoms with Crippen molar-refractivity contribution in [2.24, 2.45) is 0 Å². The lowest BCUT2D eigenvalue weighted by molar-refractivity contribution is -0.851. The Bertz CT molecular complexity index is 639. The standard InChI is InChI=1S/C6H7N5O16/c12-6(7(13)14)5(27-11(21)22)4(26-10(19)20)3(25-9(17)18)2(24-6)1-23-8(15)16/h2-5,12H,1H2/t2-,3-,4+,5-,6?/m1/s1. The molecule has 21 heteroatoms. The first-order chi connectivity index (χ1) is 12.4. The number of aliphatic hydroxyl groups is 1. The Morgan fingerprint density at radius 1 is 0.815 bits per heavy atom. The molecule has 1 rings (SSSR count). The Labute approximate surface area is 143 Å². The molecule has 0 spiro atoms. The molecule has 1 fully saturated rings. The van der Waals surface area contributed by atoms with Gasteiger partial charge in [0.25, 0.3) is 26.5 Å². The van der Waals surface area contributed by atoms with Gasteiger partial charge in [0, 0.05) is 0 Å². The average molecular weight is 405 g/mol. The summed E-state index contributed by atoms with van der Waals surface area (Å²) in [7, 11) is 0. The van der Waals surface area contributed by atoms with E-state index in [0.29, 0.717) is 0 Å². The third-order valence-corrected chi connectivity index (χ3v) is 2.91. The van der Waals surface area contributed by atoms with E-state index >= 15 is 0 Å². The molecule has 0 aliphatic carbocycles. The smallest absolute Gasteiger partial charge is 0.311 e. The molecule has 1 aliphatic rings. The lowest BCUT2D eigenvalue weighted by atomic mass is 9.96. The predicted molar refractivity (Wildman–Crippen MR) is 65.4 cm³/mol.